The lowest BCUT2D eigenvalue weighted by molar-refractivity contribution is -0.135. The van der Waals surface area contributed by atoms with E-state index in [4.69, 9.17) is 9.47 Å². The van der Waals surface area contributed by atoms with E-state index in [0.717, 1.165) is 21.9 Å². The smallest absolute Gasteiger partial charge is 0.410 e. The zero-order valence-electron chi connectivity index (χ0n) is 21.7. The fraction of sp³-hybridized carbons (Fsp3) is 0.429. The van der Waals surface area contributed by atoms with Gasteiger partial charge in [-0.15, -0.1) is 0 Å². The molecule has 1 aromatic carbocycles. The monoisotopic (exact) mass is 504 g/mol. The molecule has 3 heterocycles. The molecule has 0 radical (unpaired) electrons. The summed E-state index contributed by atoms with van der Waals surface area (Å²) in [5.41, 5.74) is 1.89. The third-order valence-corrected chi connectivity index (χ3v) is 5.98. The number of nitrogens with zero attached hydrogens (tertiary/aromatic N) is 3. The quantitative estimate of drug-likeness (QED) is 0.311. The summed E-state index contributed by atoms with van der Waals surface area (Å²) in [6.07, 6.45) is 2.76. The van der Waals surface area contributed by atoms with E-state index in [2.05, 4.69) is 22.1 Å². The van der Waals surface area contributed by atoms with E-state index in [1.165, 1.54) is 4.90 Å². The van der Waals surface area contributed by atoms with E-state index < -0.39 is 11.6 Å². The average Bonchev–Trinajstić information content (AvgIpc) is 3.16. The highest BCUT2D eigenvalue weighted by atomic mass is 16.6. The van der Waals surface area contributed by atoms with Crippen LogP contribution in [0.5, 0.6) is 0 Å². The number of pyridine rings is 1. The number of fused-ring (bicyclic) bond motifs is 3. The fourth-order valence-electron chi connectivity index (χ4n) is 4.29. The molecule has 1 fully saturated rings. The van der Waals surface area contributed by atoms with Crippen LogP contribution in [0.15, 0.2) is 36.5 Å². The molecule has 9 nitrogen and oxygen atoms in total. The third kappa shape index (κ3) is 6.27. The maximum Gasteiger partial charge on any atom is 0.410 e. The summed E-state index contributed by atoms with van der Waals surface area (Å²) < 4.78 is 12.9. The van der Waals surface area contributed by atoms with Crippen LogP contribution in [-0.2, 0) is 19.1 Å². The molecule has 3 amide bonds. The van der Waals surface area contributed by atoms with Crippen molar-refractivity contribution in [3.8, 4) is 11.8 Å². The molecule has 1 aliphatic heterocycles. The highest BCUT2D eigenvalue weighted by molar-refractivity contribution is 6.09. The molecule has 1 unspecified atom stereocenters. The second-order valence-electron chi connectivity index (χ2n) is 10.1. The summed E-state index contributed by atoms with van der Waals surface area (Å²) in [6.45, 7) is 6.80. The molecule has 9 heteroatoms. The number of hydrogen-bond acceptors (Lipinski definition) is 6. The number of nitrogens with one attached hydrogen (secondary N) is 1. The molecular weight excluding hydrogens is 472 g/mol. The maximum atomic E-state index is 12.6. The molecule has 4 rings (SSSR count). The largest absolute Gasteiger partial charge is 0.444 e. The maximum absolute atomic E-state index is 12.6. The van der Waals surface area contributed by atoms with Gasteiger partial charge in [0.15, 0.2) is 0 Å². The Morgan fingerprint density at radius 3 is 2.81 bits per heavy atom. The van der Waals surface area contributed by atoms with Crippen molar-refractivity contribution in [2.45, 2.75) is 51.7 Å². The van der Waals surface area contributed by atoms with E-state index in [1.807, 2.05) is 55.7 Å². The fourth-order valence-corrected chi connectivity index (χ4v) is 4.29. The van der Waals surface area contributed by atoms with E-state index >= 15 is 0 Å². The summed E-state index contributed by atoms with van der Waals surface area (Å²) in [6, 6.07) is 9.19. The van der Waals surface area contributed by atoms with E-state index in [0.29, 0.717) is 38.1 Å². The highest BCUT2D eigenvalue weighted by Gasteiger charge is 2.30. The number of aromatic nitrogens is 2. The number of piperidine rings is 1. The Balaban J connectivity index is 1.39. The van der Waals surface area contributed by atoms with Gasteiger partial charge in [-0.1, -0.05) is 11.8 Å². The minimum atomic E-state index is -0.517. The number of carbonyl (C=O) groups excluding carboxylic acids is 3. The van der Waals surface area contributed by atoms with Crippen LogP contribution in [-0.4, -0.2) is 64.8 Å². The molecule has 0 aliphatic carbocycles. The molecule has 194 valence electrons. The molecule has 1 N–H and O–H groups in total. The average molecular weight is 505 g/mol. The lowest BCUT2D eigenvalue weighted by Gasteiger charge is -2.24. The number of amides is 3. The molecule has 2 aromatic heterocycles. The number of imide groups is 1. The van der Waals surface area contributed by atoms with Crippen LogP contribution in [0.4, 0.5) is 4.79 Å². The third-order valence-electron chi connectivity index (χ3n) is 5.98. The lowest BCUT2D eigenvalue weighted by atomic mass is 10.1. The van der Waals surface area contributed by atoms with Crippen LogP contribution >= 0.6 is 0 Å². The van der Waals surface area contributed by atoms with Crippen molar-refractivity contribution in [2.24, 2.45) is 0 Å². The summed E-state index contributed by atoms with van der Waals surface area (Å²) >= 11 is 0. The summed E-state index contributed by atoms with van der Waals surface area (Å²) in [7, 11) is 1.71. The van der Waals surface area contributed by atoms with E-state index in [1.54, 1.807) is 13.2 Å². The van der Waals surface area contributed by atoms with Crippen molar-refractivity contribution in [2.75, 3.05) is 26.8 Å². The minimum absolute atomic E-state index is 0.246. The molecule has 0 bridgehead atoms. The Morgan fingerprint density at radius 1 is 1.24 bits per heavy atom. The van der Waals surface area contributed by atoms with Crippen LogP contribution < -0.4 is 5.32 Å². The Kier molecular flexibility index (Phi) is 7.79. The second kappa shape index (κ2) is 11.0. The van der Waals surface area contributed by atoms with Crippen molar-refractivity contribution >= 4 is 39.8 Å². The first kappa shape index (κ1) is 26.2. The van der Waals surface area contributed by atoms with Crippen molar-refractivity contribution < 1.29 is 23.9 Å². The van der Waals surface area contributed by atoms with Gasteiger partial charge in [0, 0.05) is 49.2 Å². The Morgan fingerprint density at radius 2 is 2.05 bits per heavy atom. The van der Waals surface area contributed by atoms with Gasteiger partial charge in [0.1, 0.15) is 23.9 Å². The van der Waals surface area contributed by atoms with Gasteiger partial charge < -0.3 is 18.9 Å². The van der Waals surface area contributed by atoms with E-state index in [-0.39, 0.29) is 24.5 Å². The summed E-state index contributed by atoms with van der Waals surface area (Å²) in [4.78, 5) is 42.3. The van der Waals surface area contributed by atoms with Gasteiger partial charge in [0.25, 0.3) is 0 Å². The number of benzene rings is 1. The predicted molar refractivity (Wildman–Crippen MR) is 140 cm³/mol. The lowest BCUT2D eigenvalue weighted by Crippen LogP contribution is -2.41. The molecule has 37 heavy (non-hydrogen) atoms. The Bertz CT molecular complexity index is 1390. The second-order valence-corrected chi connectivity index (χ2v) is 10.1. The van der Waals surface area contributed by atoms with E-state index in [9.17, 15) is 14.4 Å². The SMILES string of the molecule is CN(CCCOCC#Cc1ccc2c(c1)c1cccnc1n2C1CCC(=O)NC1=O)C(=O)OC(C)(C)C. The van der Waals surface area contributed by atoms with Crippen molar-refractivity contribution in [1.29, 1.82) is 0 Å². The first-order valence-electron chi connectivity index (χ1n) is 12.4. The van der Waals surface area contributed by atoms with Gasteiger partial charge in [-0.3, -0.25) is 14.9 Å². The van der Waals surface area contributed by atoms with Gasteiger partial charge in [-0.2, -0.15) is 0 Å². The molecule has 1 aliphatic rings. The number of hydrogen-bond donors (Lipinski definition) is 1. The zero-order valence-corrected chi connectivity index (χ0v) is 21.7. The van der Waals surface area contributed by atoms with Crippen LogP contribution in [0.3, 0.4) is 0 Å². The summed E-state index contributed by atoms with van der Waals surface area (Å²) in [5.74, 6) is 5.62. The van der Waals surface area contributed by atoms with Gasteiger partial charge in [-0.25, -0.2) is 9.78 Å². The van der Waals surface area contributed by atoms with Gasteiger partial charge in [-0.05, 0) is 63.9 Å². The van der Waals surface area contributed by atoms with Crippen molar-refractivity contribution in [1.82, 2.24) is 19.8 Å². The van der Waals surface area contributed by atoms with Gasteiger partial charge in [0.05, 0.1) is 5.52 Å². The predicted octanol–water partition coefficient (Wildman–Crippen LogP) is 3.79. The van der Waals surface area contributed by atoms with Gasteiger partial charge >= 0.3 is 6.09 Å². The van der Waals surface area contributed by atoms with Crippen LogP contribution in [0.2, 0.25) is 0 Å². The molecule has 0 saturated carbocycles. The summed E-state index contributed by atoms with van der Waals surface area (Å²) in [5, 5.41) is 4.32. The Labute approximate surface area is 216 Å². The first-order chi connectivity index (χ1) is 17.6. The highest BCUT2D eigenvalue weighted by Crippen LogP contribution is 2.33. The van der Waals surface area contributed by atoms with Crippen LogP contribution in [0, 0.1) is 11.8 Å². The normalized spacial score (nSPS) is 15.8. The number of rotatable bonds is 6. The minimum Gasteiger partial charge on any atom is -0.444 e. The van der Waals surface area contributed by atoms with Crippen molar-refractivity contribution in [3.05, 3.63) is 42.1 Å². The number of ether oxygens (including phenoxy) is 2. The Hall–Kier alpha value is -3.90. The van der Waals surface area contributed by atoms with Crippen LogP contribution in [0.1, 0.15) is 51.6 Å². The molecule has 1 saturated heterocycles. The van der Waals surface area contributed by atoms with Crippen LogP contribution in [0.25, 0.3) is 21.9 Å². The molecular formula is C28H32N4O5. The first-order valence-corrected chi connectivity index (χ1v) is 12.4. The van der Waals surface area contributed by atoms with Crippen molar-refractivity contribution in [3.63, 3.8) is 0 Å². The van der Waals surface area contributed by atoms with Gasteiger partial charge in [0.2, 0.25) is 11.8 Å². The number of carbonyl (C=O) groups is 3. The zero-order chi connectivity index (χ0) is 26.6. The molecule has 1 atom stereocenters. The standard InChI is InChI=1S/C28H32N4O5/c1-28(2,3)37-27(35)31(4)15-7-17-36-16-6-8-19-10-11-22-21(18-19)20-9-5-14-29-25(20)32(22)23-12-13-24(33)30-26(23)34/h5,9-11,14,18,23H,7,12-13,15-17H2,1-4H3,(H,30,33,34). The molecule has 0 spiro atoms. The topological polar surface area (TPSA) is 103 Å². The molecule has 3 aromatic rings.